The lowest BCUT2D eigenvalue weighted by Crippen LogP contribution is -2.62. The van der Waals surface area contributed by atoms with Crippen LogP contribution in [0.5, 0.6) is 5.88 Å². The van der Waals surface area contributed by atoms with Crippen molar-refractivity contribution >= 4 is 17.5 Å². The molecule has 2 aliphatic heterocycles. The van der Waals surface area contributed by atoms with Crippen LogP contribution in [0.15, 0.2) is 48.5 Å². The summed E-state index contributed by atoms with van der Waals surface area (Å²) < 4.78 is 5.98. The van der Waals surface area contributed by atoms with E-state index in [1.807, 2.05) is 42.2 Å². The van der Waals surface area contributed by atoms with Crippen molar-refractivity contribution in [3.8, 4) is 5.88 Å². The first-order chi connectivity index (χ1) is 16.0. The fraction of sp³-hybridized carbons (Fsp3) is 0.458. The molecule has 0 saturated carbocycles. The highest BCUT2D eigenvalue weighted by Gasteiger charge is 2.42. The molecule has 4 rings (SSSR count). The van der Waals surface area contributed by atoms with E-state index in [4.69, 9.17) is 4.74 Å². The molecular formula is C24H31N5O4. The Labute approximate surface area is 193 Å². The van der Waals surface area contributed by atoms with E-state index in [1.165, 1.54) is 0 Å². The predicted molar refractivity (Wildman–Crippen MR) is 124 cm³/mol. The molecule has 3 heterocycles. The van der Waals surface area contributed by atoms with Gasteiger partial charge in [0, 0.05) is 50.2 Å². The molecule has 0 spiro atoms. The van der Waals surface area contributed by atoms with Gasteiger partial charge >= 0.3 is 0 Å². The largest absolute Gasteiger partial charge is 0.473 e. The lowest BCUT2D eigenvalue weighted by molar-refractivity contribution is -0.142. The number of aromatic nitrogens is 1. The molecule has 3 N–H and O–H groups in total. The Morgan fingerprint density at radius 1 is 1.12 bits per heavy atom. The number of para-hydroxylation sites is 1. The molecule has 9 nitrogen and oxygen atoms in total. The van der Waals surface area contributed by atoms with Gasteiger partial charge in [-0.1, -0.05) is 24.3 Å². The molecule has 2 aliphatic rings. The van der Waals surface area contributed by atoms with Gasteiger partial charge in [-0.15, -0.1) is 0 Å². The third kappa shape index (κ3) is 5.61. The lowest BCUT2D eigenvalue weighted by atomic mass is 9.87. The number of nitrogens with zero attached hydrogens (tertiary/aromatic N) is 3. The van der Waals surface area contributed by atoms with Gasteiger partial charge in [0.05, 0.1) is 12.0 Å². The lowest BCUT2D eigenvalue weighted by Gasteiger charge is -2.41. The molecule has 1 aromatic carbocycles. The topological polar surface area (TPSA) is 107 Å². The Morgan fingerprint density at radius 2 is 1.88 bits per heavy atom. The second-order valence-electron chi connectivity index (χ2n) is 8.43. The number of ether oxygens (including phenoxy) is 1. The number of aliphatic hydroxyl groups is 1. The summed E-state index contributed by atoms with van der Waals surface area (Å²) in [5.41, 5.74) is 1.99. The molecule has 0 unspecified atom stereocenters. The number of aliphatic hydroxyl groups excluding tert-OH is 1. The third-order valence-electron chi connectivity index (χ3n) is 6.20. The molecule has 0 radical (unpaired) electrons. The van der Waals surface area contributed by atoms with E-state index < -0.39 is 18.7 Å². The van der Waals surface area contributed by atoms with Crippen molar-refractivity contribution in [3.63, 3.8) is 0 Å². The number of hydrogen-bond donors (Lipinski definition) is 3. The number of pyridine rings is 1. The first-order valence-corrected chi connectivity index (χ1v) is 11.4. The molecule has 3 atom stereocenters. The van der Waals surface area contributed by atoms with Crippen molar-refractivity contribution in [2.45, 2.75) is 25.5 Å². The van der Waals surface area contributed by atoms with Crippen molar-refractivity contribution in [1.82, 2.24) is 20.5 Å². The molecule has 33 heavy (non-hydrogen) atoms. The summed E-state index contributed by atoms with van der Waals surface area (Å²) in [4.78, 5) is 34.5. The molecule has 2 saturated heterocycles. The molecule has 0 bridgehead atoms. The van der Waals surface area contributed by atoms with E-state index in [0.29, 0.717) is 31.9 Å². The molecule has 0 aliphatic carbocycles. The van der Waals surface area contributed by atoms with E-state index in [0.717, 1.165) is 24.5 Å². The van der Waals surface area contributed by atoms with E-state index in [-0.39, 0.29) is 17.9 Å². The van der Waals surface area contributed by atoms with Crippen LogP contribution in [0.2, 0.25) is 0 Å². The average molecular weight is 454 g/mol. The van der Waals surface area contributed by atoms with Gasteiger partial charge < -0.3 is 30.3 Å². The maximum atomic E-state index is 13.4. The van der Waals surface area contributed by atoms with Gasteiger partial charge in [-0.3, -0.25) is 9.59 Å². The fourth-order valence-corrected chi connectivity index (χ4v) is 4.49. The van der Waals surface area contributed by atoms with Gasteiger partial charge in [0.25, 0.3) is 0 Å². The van der Waals surface area contributed by atoms with Gasteiger partial charge in [0.15, 0.2) is 0 Å². The van der Waals surface area contributed by atoms with Crippen LogP contribution >= 0.6 is 0 Å². The highest BCUT2D eigenvalue weighted by atomic mass is 16.5. The Morgan fingerprint density at radius 3 is 2.58 bits per heavy atom. The average Bonchev–Trinajstić information content (AvgIpc) is 2.84. The van der Waals surface area contributed by atoms with Crippen LogP contribution in [0.4, 0.5) is 5.69 Å². The van der Waals surface area contributed by atoms with Gasteiger partial charge in [0.1, 0.15) is 12.8 Å². The standard InChI is InChI=1S/C24H31N5O4/c1-17-6-5-9-21(27-17)33-19-14-20(23(31)26-16-30)22(25-15-19)24(32)29-12-10-28(11-13-29)18-7-3-2-4-8-18/h2-9,19-20,22,25,30H,10-16H2,1H3,(H,26,31)/t19-,20-,22-/m0/s1. The van der Waals surface area contributed by atoms with Crippen LogP contribution < -0.4 is 20.3 Å². The zero-order chi connectivity index (χ0) is 23.2. The van der Waals surface area contributed by atoms with Gasteiger partial charge in [-0.2, -0.15) is 0 Å². The predicted octanol–water partition coefficient (Wildman–Crippen LogP) is 0.530. The Hall–Kier alpha value is -3.17. The van der Waals surface area contributed by atoms with Crippen LogP contribution in [-0.2, 0) is 9.59 Å². The molecule has 2 fully saturated rings. The quantitative estimate of drug-likeness (QED) is 0.548. The minimum absolute atomic E-state index is 0.0899. The zero-order valence-electron chi connectivity index (χ0n) is 18.8. The van der Waals surface area contributed by atoms with Crippen LogP contribution in [0, 0.1) is 12.8 Å². The van der Waals surface area contributed by atoms with Crippen LogP contribution in [0.1, 0.15) is 12.1 Å². The first kappa shape index (κ1) is 23.0. The molecule has 2 amide bonds. The molecular weight excluding hydrogens is 422 g/mol. The summed E-state index contributed by atoms with van der Waals surface area (Å²) in [6.45, 7) is 4.49. The van der Waals surface area contributed by atoms with Gasteiger partial charge in [-0.05, 0) is 31.5 Å². The third-order valence-corrected chi connectivity index (χ3v) is 6.20. The molecule has 1 aromatic heterocycles. The smallest absolute Gasteiger partial charge is 0.240 e. The van der Waals surface area contributed by atoms with Crippen molar-refractivity contribution in [2.24, 2.45) is 5.92 Å². The Bertz CT molecular complexity index is 949. The number of hydrogen-bond acceptors (Lipinski definition) is 7. The summed E-state index contributed by atoms with van der Waals surface area (Å²) in [6.07, 6.45) is 0.0437. The van der Waals surface area contributed by atoms with Crippen LogP contribution in [-0.4, -0.2) is 78.4 Å². The monoisotopic (exact) mass is 453 g/mol. The van der Waals surface area contributed by atoms with Crippen molar-refractivity contribution in [2.75, 3.05) is 44.4 Å². The highest BCUT2D eigenvalue weighted by Crippen LogP contribution is 2.24. The second kappa shape index (κ2) is 10.6. The van der Waals surface area contributed by atoms with Crippen molar-refractivity contribution in [1.29, 1.82) is 0 Å². The number of nitrogens with one attached hydrogen (secondary N) is 2. The summed E-state index contributed by atoms with van der Waals surface area (Å²) in [5.74, 6) is -0.616. The number of anilines is 1. The summed E-state index contributed by atoms with van der Waals surface area (Å²) in [5, 5.41) is 14.9. The van der Waals surface area contributed by atoms with Crippen molar-refractivity contribution in [3.05, 3.63) is 54.2 Å². The normalized spacial score (nSPS) is 23.2. The van der Waals surface area contributed by atoms with E-state index in [9.17, 15) is 14.7 Å². The minimum atomic E-state index is -0.662. The number of carbonyl (C=O) groups is 2. The molecule has 9 heteroatoms. The van der Waals surface area contributed by atoms with E-state index in [1.54, 1.807) is 6.07 Å². The van der Waals surface area contributed by atoms with Gasteiger partial charge in [-0.25, -0.2) is 4.98 Å². The van der Waals surface area contributed by atoms with Gasteiger partial charge in [0.2, 0.25) is 17.7 Å². The number of piperazine rings is 1. The summed E-state index contributed by atoms with van der Waals surface area (Å²) in [7, 11) is 0. The van der Waals surface area contributed by atoms with Crippen molar-refractivity contribution < 1.29 is 19.4 Å². The maximum Gasteiger partial charge on any atom is 0.240 e. The number of piperidine rings is 1. The van der Waals surface area contributed by atoms with Crippen LogP contribution in [0.25, 0.3) is 0 Å². The second-order valence-corrected chi connectivity index (χ2v) is 8.43. The zero-order valence-corrected chi connectivity index (χ0v) is 18.8. The number of carbonyl (C=O) groups excluding carboxylic acids is 2. The number of aryl methyl sites for hydroxylation is 1. The Kier molecular flexibility index (Phi) is 7.41. The number of amides is 2. The van der Waals surface area contributed by atoms with Crippen LogP contribution in [0.3, 0.4) is 0 Å². The van der Waals surface area contributed by atoms with E-state index >= 15 is 0 Å². The highest BCUT2D eigenvalue weighted by molar-refractivity contribution is 5.90. The SMILES string of the molecule is Cc1cccc(O[C@@H]2CN[C@H](C(=O)N3CCN(c4ccccc4)CC3)[C@@H](C(=O)NCO)C2)n1. The molecule has 2 aromatic rings. The number of rotatable bonds is 6. The minimum Gasteiger partial charge on any atom is -0.473 e. The Balaban J connectivity index is 1.40. The molecule has 176 valence electrons. The number of benzene rings is 1. The summed E-state index contributed by atoms with van der Waals surface area (Å²) in [6, 6.07) is 15.0. The maximum absolute atomic E-state index is 13.4. The fourth-order valence-electron chi connectivity index (χ4n) is 4.49. The van der Waals surface area contributed by atoms with E-state index in [2.05, 4.69) is 32.7 Å². The summed E-state index contributed by atoms with van der Waals surface area (Å²) >= 11 is 0. The first-order valence-electron chi connectivity index (χ1n) is 11.4.